The molecule has 0 saturated carbocycles. The van der Waals surface area contributed by atoms with Crippen LogP contribution in [0.2, 0.25) is 0 Å². The van der Waals surface area contributed by atoms with Gasteiger partial charge in [-0.25, -0.2) is 9.18 Å². The van der Waals surface area contributed by atoms with Crippen LogP contribution in [-0.2, 0) is 0 Å². The van der Waals surface area contributed by atoms with E-state index in [0.29, 0.717) is 17.3 Å². The third-order valence-corrected chi connectivity index (χ3v) is 3.57. The summed E-state index contributed by atoms with van der Waals surface area (Å²) in [5, 5.41) is 15.0. The van der Waals surface area contributed by atoms with Gasteiger partial charge in [0.05, 0.1) is 11.3 Å². The third kappa shape index (κ3) is 4.80. The summed E-state index contributed by atoms with van der Waals surface area (Å²) in [6, 6.07) is 3.82. The molecule has 0 aliphatic rings. The first-order valence-electron chi connectivity index (χ1n) is 6.12. The van der Waals surface area contributed by atoms with E-state index in [1.54, 1.807) is 6.07 Å². The molecule has 6 heteroatoms. The Bertz CT molecular complexity index is 450. The van der Waals surface area contributed by atoms with E-state index in [-0.39, 0.29) is 12.2 Å². The predicted molar refractivity (Wildman–Crippen MR) is 76.7 cm³/mol. The molecule has 3 N–H and O–H groups in total. The van der Waals surface area contributed by atoms with Crippen molar-refractivity contribution >= 4 is 27.6 Å². The van der Waals surface area contributed by atoms with Crippen molar-refractivity contribution in [2.45, 2.75) is 32.3 Å². The Hall–Kier alpha value is -1.14. The second kappa shape index (κ2) is 6.86. The van der Waals surface area contributed by atoms with Crippen molar-refractivity contribution in [2.24, 2.45) is 0 Å². The van der Waals surface area contributed by atoms with Crippen LogP contribution in [0.5, 0.6) is 0 Å². The van der Waals surface area contributed by atoms with Gasteiger partial charge in [0.2, 0.25) is 0 Å². The van der Waals surface area contributed by atoms with Crippen LogP contribution in [-0.4, -0.2) is 23.3 Å². The molecule has 1 aromatic carbocycles. The minimum atomic E-state index is -0.921. The summed E-state index contributed by atoms with van der Waals surface area (Å²) in [6.45, 7) is 3.82. The Morgan fingerprint density at radius 2 is 2.05 bits per heavy atom. The SMILES string of the molecule is CCC(O)(CC)CNC(=O)Nc1ccc(Br)cc1F. The lowest BCUT2D eigenvalue weighted by Gasteiger charge is -2.25. The third-order valence-electron chi connectivity index (χ3n) is 3.07. The number of halogens is 2. The van der Waals surface area contributed by atoms with Gasteiger partial charge in [-0.05, 0) is 31.0 Å². The van der Waals surface area contributed by atoms with E-state index < -0.39 is 17.4 Å². The summed E-state index contributed by atoms with van der Waals surface area (Å²) in [4.78, 5) is 11.6. The highest BCUT2D eigenvalue weighted by Crippen LogP contribution is 2.19. The fraction of sp³-hybridized carbons (Fsp3) is 0.462. The van der Waals surface area contributed by atoms with Crippen molar-refractivity contribution in [2.75, 3.05) is 11.9 Å². The average molecular weight is 333 g/mol. The number of benzene rings is 1. The number of rotatable bonds is 5. The maximum atomic E-state index is 13.5. The van der Waals surface area contributed by atoms with Gasteiger partial charge in [-0.3, -0.25) is 0 Å². The zero-order valence-corrected chi connectivity index (χ0v) is 12.6. The van der Waals surface area contributed by atoms with E-state index in [9.17, 15) is 14.3 Å². The summed E-state index contributed by atoms with van der Waals surface area (Å²) in [5.74, 6) is -0.522. The van der Waals surface area contributed by atoms with Crippen LogP contribution in [0.3, 0.4) is 0 Å². The first-order chi connectivity index (χ1) is 8.90. The zero-order chi connectivity index (χ0) is 14.5. The Labute approximate surface area is 120 Å². The Kier molecular flexibility index (Phi) is 5.75. The maximum Gasteiger partial charge on any atom is 0.319 e. The Balaban J connectivity index is 2.56. The van der Waals surface area contributed by atoms with Crippen molar-refractivity contribution in [3.8, 4) is 0 Å². The quantitative estimate of drug-likeness (QED) is 0.775. The van der Waals surface area contributed by atoms with E-state index in [4.69, 9.17) is 0 Å². The molecule has 0 saturated heterocycles. The Morgan fingerprint density at radius 3 is 2.58 bits per heavy atom. The lowest BCUT2D eigenvalue weighted by Crippen LogP contribution is -2.43. The van der Waals surface area contributed by atoms with E-state index in [2.05, 4.69) is 26.6 Å². The first-order valence-corrected chi connectivity index (χ1v) is 6.92. The number of urea groups is 1. The molecular weight excluding hydrogens is 315 g/mol. The average Bonchev–Trinajstić information content (AvgIpc) is 2.39. The van der Waals surface area contributed by atoms with Gasteiger partial charge in [0, 0.05) is 11.0 Å². The van der Waals surface area contributed by atoms with Crippen molar-refractivity contribution in [3.05, 3.63) is 28.5 Å². The van der Waals surface area contributed by atoms with Crippen LogP contribution < -0.4 is 10.6 Å². The highest BCUT2D eigenvalue weighted by atomic mass is 79.9. The molecule has 19 heavy (non-hydrogen) atoms. The van der Waals surface area contributed by atoms with Crippen molar-refractivity contribution in [1.82, 2.24) is 5.32 Å². The topological polar surface area (TPSA) is 61.4 Å². The van der Waals surface area contributed by atoms with E-state index in [1.165, 1.54) is 12.1 Å². The minimum absolute atomic E-state index is 0.0947. The van der Waals surface area contributed by atoms with Crippen LogP contribution in [0.4, 0.5) is 14.9 Å². The van der Waals surface area contributed by atoms with E-state index >= 15 is 0 Å². The fourth-order valence-electron chi connectivity index (χ4n) is 1.50. The summed E-state index contributed by atoms with van der Waals surface area (Å²) in [6.07, 6.45) is 1.08. The summed E-state index contributed by atoms with van der Waals surface area (Å²) >= 11 is 3.14. The molecular formula is C13H18BrFN2O2. The van der Waals surface area contributed by atoms with Crippen LogP contribution in [0, 0.1) is 5.82 Å². The van der Waals surface area contributed by atoms with Gasteiger partial charge in [0.15, 0.2) is 0 Å². The minimum Gasteiger partial charge on any atom is -0.388 e. The van der Waals surface area contributed by atoms with Gasteiger partial charge in [-0.2, -0.15) is 0 Å². The van der Waals surface area contributed by atoms with Gasteiger partial charge in [0.1, 0.15) is 5.82 Å². The lowest BCUT2D eigenvalue weighted by atomic mass is 9.98. The fourth-order valence-corrected chi connectivity index (χ4v) is 1.84. The molecule has 0 radical (unpaired) electrons. The molecule has 4 nitrogen and oxygen atoms in total. The molecule has 0 spiro atoms. The molecule has 2 amide bonds. The largest absolute Gasteiger partial charge is 0.388 e. The molecule has 0 aliphatic carbocycles. The number of hydrogen-bond acceptors (Lipinski definition) is 2. The summed E-state index contributed by atoms with van der Waals surface area (Å²) < 4.78 is 14.1. The molecule has 0 aliphatic heterocycles. The van der Waals surface area contributed by atoms with Crippen molar-refractivity contribution in [3.63, 3.8) is 0 Å². The monoisotopic (exact) mass is 332 g/mol. The maximum absolute atomic E-state index is 13.5. The molecule has 0 fully saturated rings. The summed E-state index contributed by atoms with van der Waals surface area (Å²) in [5.41, 5.74) is -0.826. The van der Waals surface area contributed by atoms with Crippen LogP contribution in [0.25, 0.3) is 0 Å². The number of nitrogens with one attached hydrogen (secondary N) is 2. The number of aliphatic hydroxyl groups is 1. The highest BCUT2D eigenvalue weighted by Gasteiger charge is 2.22. The molecule has 0 aromatic heterocycles. The van der Waals surface area contributed by atoms with Crippen LogP contribution in [0.15, 0.2) is 22.7 Å². The smallest absolute Gasteiger partial charge is 0.319 e. The van der Waals surface area contributed by atoms with E-state index in [1.807, 2.05) is 13.8 Å². The highest BCUT2D eigenvalue weighted by molar-refractivity contribution is 9.10. The first kappa shape index (κ1) is 15.9. The van der Waals surface area contributed by atoms with Crippen molar-refractivity contribution in [1.29, 1.82) is 0 Å². The van der Waals surface area contributed by atoms with Gasteiger partial charge in [-0.1, -0.05) is 29.8 Å². The zero-order valence-electron chi connectivity index (χ0n) is 11.0. The molecule has 0 heterocycles. The molecule has 1 aromatic rings. The number of amides is 2. The lowest BCUT2D eigenvalue weighted by molar-refractivity contribution is 0.0354. The normalized spacial score (nSPS) is 11.2. The molecule has 0 atom stereocenters. The van der Waals surface area contributed by atoms with Crippen LogP contribution in [0.1, 0.15) is 26.7 Å². The summed E-state index contributed by atoms with van der Waals surface area (Å²) in [7, 11) is 0. The molecule has 106 valence electrons. The van der Waals surface area contributed by atoms with Gasteiger partial charge < -0.3 is 15.7 Å². The number of anilines is 1. The predicted octanol–water partition coefficient (Wildman–Crippen LogP) is 3.26. The van der Waals surface area contributed by atoms with Crippen LogP contribution >= 0.6 is 15.9 Å². The van der Waals surface area contributed by atoms with Gasteiger partial charge >= 0.3 is 6.03 Å². The molecule has 0 bridgehead atoms. The second-order valence-electron chi connectivity index (χ2n) is 4.36. The number of carbonyl (C=O) groups excluding carboxylic acids is 1. The molecule has 0 unspecified atom stereocenters. The molecule has 1 rings (SSSR count). The van der Waals surface area contributed by atoms with Gasteiger partial charge in [0.25, 0.3) is 0 Å². The van der Waals surface area contributed by atoms with Crippen molar-refractivity contribution < 1.29 is 14.3 Å². The standard InChI is InChI=1S/C13H18BrFN2O2/c1-3-13(19,4-2)8-16-12(18)17-11-6-5-9(14)7-10(11)15/h5-7,19H,3-4,8H2,1-2H3,(H2,16,17,18). The number of carbonyl (C=O) groups is 1. The Morgan fingerprint density at radius 1 is 1.42 bits per heavy atom. The van der Waals surface area contributed by atoms with Gasteiger partial charge in [-0.15, -0.1) is 0 Å². The second-order valence-corrected chi connectivity index (χ2v) is 5.28. The number of hydrogen-bond donors (Lipinski definition) is 3. The van der Waals surface area contributed by atoms with E-state index in [0.717, 1.165) is 0 Å².